The van der Waals surface area contributed by atoms with Crippen LogP contribution in [-0.2, 0) is 9.59 Å². The Morgan fingerprint density at radius 3 is 2.41 bits per heavy atom. The summed E-state index contributed by atoms with van der Waals surface area (Å²) >= 11 is 1.39. The molecule has 0 radical (unpaired) electrons. The molecule has 0 atom stereocenters. The Labute approximate surface area is 163 Å². The molecular weight excluding hydrogens is 360 g/mol. The highest BCUT2D eigenvalue weighted by molar-refractivity contribution is 7.12. The van der Waals surface area contributed by atoms with Gasteiger partial charge in [0.05, 0.1) is 4.88 Å². The van der Waals surface area contributed by atoms with Crippen molar-refractivity contribution in [2.45, 2.75) is 26.2 Å². The molecule has 2 rings (SSSR count). The van der Waals surface area contributed by atoms with Crippen molar-refractivity contribution in [3.63, 3.8) is 0 Å². The van der Waals surface area contributed by atoms with E-state index < -0.39 is 0 Å². The maximum atomic E-state index is 11.9. The average Bonchev–Trinajstić information content (AvgIpc) is 3.21. The maximum Gasteiger partial charge on any atom is 0.244 e. The minimum absolute atomic E-state index is 0.00649. The summed E-state index contributed by atoms with van der Waals surface area (Å²) in [5, 5.41) is 7.42. The number of carbonyl (C=O) groups is 3. The fourth-order valence-electron chi connectivity index (χ4n) is 2.44. The largest absolute Gasteiger partial charge is 0.356 e. The second-order valence-corrected chi connectivity index (χ2v) is 7.04. The zero-order valence-corrected chi connectivity index (χ0v) is 16.2. The van der Waals surface area contributed by atoms with E-state index in [4.69, 9.17) is 0 Å². The fourth-order valence-corrected chi connectivity index (χ4v) is 3.13. The predicted molar refractivity (Wildman–Crippen MR) is 109 cm³/mol. The Hall–Kier alpha value is -2.73. The van der Waals surface area contributed by atoms with E-state index in [1.165, 1.54) is 11.3 Å². The van der Waals surface area contributed by atoms with Gasteiger partial charge in [0.1, 0.15) is 0 Å². The Morgan fingerprint density at radius 1 is 0.963 bits per heavy atom. The van der Waals surface area contributed by atoms with Crippen molar-refractivity contribution in [1.82, 2.24) is 10.6 Å². The smallest absolute Gasteiger partial charge is 0.244 e. The number of rotatable bonds is 10. The van der Waals surface area contributed by atoms with Crippen LogP contribution in [0.1, 0.15) is 41.4 Å². The van der Waals surface area contributed by atoms with Gasteiger partial charge in [0.25, 0.3) is 0 Å². The normalized spacial score (nSPS) is 11.1. The lowest BCUT2D eigenvalue weighted by Gasteiger charge is -2.06. The Balaban J connectivity index is 1.58. The number of carbonyl (C=O) groups excluding carboxylic acids is 3. The van der Waals surface area contributed by atoms with Gasteiger partial charge in [-0.25, -0.2) is 0 Å². The van der Waals surface area contributed by atoms with Gasteiger partial charge in [-0.1, -0.05) is 36.4 Å². The van der Waals surface area contributed by atoms with Gasteiger partial charge in [0.2, 0.25) is 11.8 Å². The van der Waals surface area contributed by atoms with Gasteiger partial charge in [0, 0.05) is 32.0 Å². The van der Waals surface area contributed by atoms with Gasteiger partial charge in [0.15, 0.2) is 5.78 Å². The highest BCUT2D eigenvalue weighted by atomic mass is 32.1. The lowest BCUT2D eigenvalue weighted by molar-refractivity contribution is -0.121. The van der Waals surface area contributed by atoms with Crippen LogP contribution in [0.2, 0.25) is 0 Å². The van der Waals surface area contributed by atoms with Crippen molar-refractivity contribution in [2.24, 2.45) is 0 Å². The number of Topliss-reactive ketones (excluding diaryl/α,β-unsaturated/α-hetero) is 1. The molecule has 0 unspecified atom stereocenters. The summed E-state index contributed by atoms with van der Waals surface area (Å²) in [6.45, 7) is 2.84. The number of hydrogen-bond donors (Lipinski definition) is 2. The van der Waals surface area contributed by atoms with Gasteiger partial charge in [-0.15, -0.1) is 11.3 Å². The van der Waals surface area contributed by atoms with Gasteiger partial charge in [-0.3, -0.25) is 14.4 Å². The number of ketones is 1. The van der Waals surface area contributed by atoms with E-state index in [0.29, 0.717) is 24.4 Å². The van der Waals surface area contributed by atoms with Gasteiger partial charge >= 0.3 is 0 Å². The third-order valence-corrected chi connectivity index (χ3v) is 4.84. The number of benzene rings is 1. The zero-order chi connectivity index (χ0) is 19.5. The molecule has 0 aliphatic rings. The van der Waals surface area contributed by atoms with E-state index in [9.17, 15) is 14.4 Å². The quantitative estimate of drug-likeness (QED) is 0.374. The first kappa shape index (κ1) is 20.6. The molecule has 27 heavy (non-hydrogen) atoms. The van der Waals surface area contributed by atoms with Crippen molar-refractivity contribution >= 4 is 34.5 Å². The van der Waals surface area contributed by atoms with Crippen LogP contribution in [0.4, 0.5) is 0 Å². The van der Waals surface area contributed by atoms with Gasteiger partial charge in [-0.05, 0) is 35.9 Å². The average molecular weight is 385 g/mol. The molecule has 0 saturated carbocycles. The van der Waals surface area contributed by atoms with Crippen molar-refractivity contribution in [3.05, 3.63) is 64.4 Å². The molecule has 2 N–H and O–H groups in total. The summed E-state index contributed by atoms with van der Waals surface area (Å²) in [5.41, 5.74) is 1.91. The molecule has 1 heterocycles. The van der Waals surface area contributed by atoms with Crippen molar-refractivity contribution in [2.75, 3.05) is 13.1 Å². The van der Waals surface area contributed by atoms with Crippen LogP contribution >= 0.6 is 11.3 Å². The maximum absolute atomic E-state index is 11.9. The predicted octanol–water partition coefficient (Wildman–Crippen LogP) is 3.44. The number of allylic oxidation sites excluding steroid dienone is 1. The monoisotopic (exact) mass is 384 g/mol. The van der Waals surface area contributed by atoms with Crippen LogP contribution in [0, 0.1) is 0 Å². The van der Waals surface area contributed by atoms with E-state index in [1.54, 1.807) is 12.1 Å². The summed E-state index contributed by atoms with van der Waals surface area (Å²) < 4.78 is 0. The highest BCUT2D eigenvalue weighted by Crippen LogP contribution is 2.12. The first-order chi connectivity index (χ1) is 13.1. The molecule has 0 spiro atoms. The number of thiophene rings is 1. The van der Waals surface area contributed by atoms with Crippen LogP contribution in [0.15, 0.2) is 53.9 Å². The first-order valence-electron chi connectivity index (χ1n) is 8.91. The zero-order valence-electron chi connectivity index (χ0n) is 15.4. The van der Waals surface area contributed by atoms with Crippen LogP contribution in [-0.4, -0.2) is 30.7 Å². The number of nitrogens with one attached hydrogen (secondary N) is 2. The lowest BCUT2D eigenvalue weighted by atomic mass is 10.1. The molecule has 6 heteroatoms. The lowest BCUT2D eigenvalue weighted by Crippen LogP contribution is -2.29. The van der Waals surface area contributed by atoms with Crippen LogP contribution < -0.4 is 10.6 Å². The van der Waals surface area contributed by atoms with Crippen LogP contribution in [0.3, 0.4) is 0 Å². The van der Waals surface area contributed by atoms with E-state index in [1.807, 2.05) is 48.7 Å². The molecule has 1 aromatic carbocycles. The summed E-state index contributed by atoms with van der Waals surface area (Å²) in [6, 6.07) is 13.3. The van der Waals surface area contributed by atoms with E-state index in [2.05, 4.69) is 10.6 Å². The molecule has 0 saturated heterocycles. The van der Waals surface area contributed by atoms with Crippen molar-refractivity contribution < 1.29 is 14.4 Å². The molecule has 0 bridgehead atoms. The van der Waals surface area contributed by atoms with Crippen LogP contribution in [0.25, 0.3) is 5.57 Å². The molecule has 1 aromatic heterocycles. The highest BCUT2D eigenvalue weighted by Gasteiger charge is 2.09. The molecule has 2 amide bonds. The third-order valence-electron chi connectivity index (χ3n) is 3.93. The molecule has 142 valence electrons. The summed E-state index contributed by atoms with van der Waals surface area (Å²) in [4.78, 5) is 36.2. The second-order valence-electron chi connectivity index (χ2n) is 6.09. The topological polar surface area (TPSA) is 75.3 Å². The third kappa shape index (κ3) is 7.58. The molecule has 0 fully saturated rings. The SMILES string of the molecule is C/C(=C\C(=O)NCCCNC(=O)CCC(=O)c1cccs1)c1ccccc1. The van der Waals surface area contributed by atoms with E-state index in [0.717, 1.165) is 11.1 Å². The van der Waals surface area contributed by atoms with Crippen LogP contribution in [0.5, 0.6) is 0 Å². The van der Waals surface area contributed by atoms with Crippen molar-refractivity contribution in [1.29, 1.82) is 0 Å². The molecule has 0 aliphatic carbocycles. The molecule has 5 nitrogen and oxygen atoms in total. The molecule has 2 aromatic rings. The Bertz CT molecular complexity index is 783. The standard InChI is InChI=1S/C21H24N2O3S/c1-16(17-7-3-2-4-8-17)15-21(26)23-13-6-12-22-20(25)11-10-18(24)19-9-5-14-27-19/h2-5,7-9,14-15H,6,10-13H2,1H3,(H,22,25)(H,23,26)/b16-15+. The van der Waals surface area contributed by atoms with E-state index >= 15 is 0 Å². The van der Waals surface area contributed by atoms with Crippen molar-refractivity contribution in [3.8, 4) is 0 Å². The molecule has 0 aliphatic heterocycles. The summed E-state index contributed by atoms with van der Waals surface area (Å²) in [7, 11) is 0. The fraction of sp³-hybridized carbons (Fsp3) is 0.286. The Kier molecular flexibility index (Phi) is 8.45. The number of amides is 2. The van der Waals surface area contributed by atoms with Gasteiger partial charge in [-0.2, -0.15) is 0 Å². The Morgan fingerprint density at radius 2 is 1.70 bits per heavy atom. The minimum Gasteiger partial charge on any atom is -0.356 e. The first-order valence-corrected chi connectivity index (χ1v) is 9.79. The number of hydrogen-bond acceptors (Lipinski definition) is 4. The van der Waals surface area contributed by atoms with Gasteiger partial charge < -0.3 is 10.6 Å². The van der Waals surface area contributed by atoms with E-state index in [-0.39, 0.29) is 30.4 Å². The summed E-state index contributed by atoms with van der Waals surface area (Å²) in [6.07, 6.45) is 2.60. The second kappa shape index (κ2) is 11.1. The summed E-state index contributed by atoms with van der Waals surface area (Å²) in [5.74, 6) is -0.303. The molecular formula is C21H24N2O3S. The minimum atomic E-state index is -0.149.